The highest BCUT2D eigenvalue weighted by molar-refractivity contribution is 6.36. The quantitative estimate of drug-likeness (QED) is 0.646. The molecule has 2 atom stereocenters. The number of pyridine rings is 1. The van der Waals surface area contributed by atoms with Gasteiger partial charge in [0.1, 0.15) is 0 Å². The molecule has 0 aliphatic carbocycles. The largest absolute Gasteiger partial charge is 0.452 e. The van der Waals surface area contributed by atoms with Gasteiger partial charge in [0.25, 0.3) is 5.91 Å². The number of carbonyl (C=O) groups excluding carboxylic acids is 3. The Morgan fingerprint density at radius 2 is 2.00 bits per heavy atom. The molecule has 0 saturated carbocycles. The number of carbonyl (C=O) groups is 3. The van der Waals surface area contributed by atoms with Crippen molar-refractivity contribution in [1.29, 1.82) is 0 Å². The number of nitrogens with zero attached hydrogens (tertiary/aromatic N) is 2. The number of hydrogen-bond acceptors (Lipinski definition) is 5. The highest BCUT2D eigenvalue weighted by atomic mass is 35.5. The first-order chi connectivity index (χ1) is 14.2. The van der Waals surface area contributed by atoms with Gasteiger partial charge in [0.05, 0.1) is 16.0 Å². The maximum Gasteiger partial charge on any atom is 0.312 e. The molecule has 1 fully saturated rings. The van der Waals surface area contributed by atoms with Gasteiger partial charge in [0.15, 0.2) is 11.9 Å². The van der Waals surface area contributed by atoms with Gasteiger partial charge >= 0.3 is 5.97 Å². The second-order valence-corrected chi connectivity index (χ2v) is 8.07. The fraction of sp³-hybridized carbons (Fsp3) is 0.300. The number of hydrogen-bond donors (Lipinski definition) is 1. The Bertz CT molecular complexity index is 986. The lowest BCUT2D eigenvalue weighted by atomic mass is 10.1. The van der Waals surface area contributed by atoms with Gasteiger partial charge in [0, 0.05) is 30.7 Å². The molecule has 1 N–H and O–H groups in total. The molecule has 0 radical (unpaired) electrons. The highest BCUT2D eigenvalue weighted by Gasteiger charge is 2.36. The van der Waals surface area contributed by atoms with Gasteiger partial charge in [-0.3, -0.25) is 14.4 Å². The molecule has 30 heavy (non-hydrogen) atoms. The molecular weight excluding hydrogens is 453 g/mol. The number of halogens is 3. The average Bonchev–Trinajstić information content (AvgIpc) is 3.06. The van der Waals surface area contributed by atoms with Crippen LogP contribution in [0.25, 0.3) is 0 Å². The highest BCUT2D eigenvalue weighted by Crippen LogP contribution is 2.25. The monoisotopic (exact) mass is 469 g/mol. The number of amides is 2. The van der Waals surface area contributed by atoms with Crippen molar-refractivity contribution in [3.05, 3.63) is 57.2 Å². The molecule has 1 saturated heterocycles. The SMILES string of the molecule is CC(OC(=O)C1CC(=O)N(Cc2ccccc2Cl)C1)C(=O)Nc1ncc(Cl)cc1Cl. The van der Waals surface area contributed by atoms with Crippen LogP contribution >= 0.6 is 34.8 Å². The smallest absolute Gasteiger partial charge is 0.312 e. The molecular formula is C20H18Cl3N3O4. The van der Waals surface area contributed by atoms with Gasteiger partial charge in [-0.15, -0.1) is 0 Å². The third-order valence-electron chi connectivity index (χ3n) is 4.58. The summed E-state index contributed by atoms with van der Waals surface area (Å²) in [5.74, 6) is -1.95. The van der Waals surface area contributed by atoms with Crippen molar-refractivity contribution >= 4 is 58.4 Å². The zero-order valence-corrected chi connectivity index (χ0v) is 18.2. The molecule has 10 heteroatoms. The Morgan fingerprint density at radius 1 is 1.27 bits per heavy atom. The van der Waals surface area contributed by atoms with Gasteiger partial charge in [-0.05, 0) is 24.6 Å². The van der Waals surface area contributed by atoms with Crippen molar-refractivity contribution in [1.82, 2.24) is 9.88 Å². The van der Waals surface area contributed by atoms with Gasteiger partial charge < -0.3 is 15.0 Å². The van der Waals surface area contributed by atoms with Crippen LogP contribution in [0.15, 0.2) is 36.5 Å². The van der Waals surface area contributed by atoms with Gasteiger partial charge in [-0.2, -0.15) is 0 Å². The lowest BCUT2D eigenvalue weighted by Gasteiger charge is -2.18. The summed E-state index contributed by atoms with van der Waals surface area (Å²) in [6, 6.07) is 8.63. The predicted octanol–water partition coefficient (Wildman–Crippen LogP) is 3.96. The zero-order valence-electron chi connectivity index (χ0n) is 15.9. The van der Waals surface area contributed by atoms with Gasteiger partial charge in [0.2, 0.25) is 5.91 Å². The molecule has 3 rings (SSSR count). The summed E-state index contributed by atoms with van der Waals surface area (Å²) >= 11 is 17.9. The van der Waals surface area contributed by atoms with Gasteiger partial charge in [-0.1, -0.05) is 53.0 Å². The maximum absolute atomic E-state index is 12.5. The normalized spacial score (nSPS) is 17.0. The average molecular weight is 471 g/mol. The minimum absolute atomic E-state index is 0.0161. The molecule has 1 aliphatic rings. The van der Waals surface area contributed by atoms with E-state index in [-0.39, 0.29) is 29.7 Å². The standard InChI is InChI=1S/C20H18Cl3N3O4/c1-11(19(28)25-18-16(23)7-14(21)8-24-18)30-20(29)13-6-17(27)26(10-13)9-12-4-2-3-5-15(12)22/h2-5,7-8,11,13H,6,9-10H2,1H3,(H,24,25,28). The topological polar surface area (TPSA) is 88.6 Å². The molecule has 0 spiro atoms. The van der Waals surface area contributed by atoms with Crippen LogP contribution < -0.4 is 5.32 Å². The molecule has 1 aliphatic heterocycles. The lowest BCUT2D eigenvalue weighted by Crippen LogP contribution is -2.33. The van der Waals surface area contributed by atoms with Gasteiger partial charge in [-0.25, -0.2) is 4.98 Å². The van der Waals surface area contributed by atoms with Crippen molar-refractivity contribution in [3.8, 4) is 0 Å². The Hall–Kier alpha value is -2.35. The van der Waals surface area contributed by atoms with Crippen molar-refractivity contribution < 1.29 is 19.1 Å². The lowest BCUT2D eigenvalue weighted by molar-refractivity contribution is -0.157. The van der Waals surface area contributed by atoms with Crippen molar-refractivity contribution in [2.45, 2.75) is 26.0 Å². The summed E-state index contributed by atoms with van der Waals surface area (Å²) in [6.45, 7) is 1.93. The van der Waals surface area contributed by atoms with Crippen LogP contribution in [0.5, 0.6) is 0 Å². The summed E-state index contributed by atoms with van der Waals surface area (Å²) in [5, 5.41) is 3.51. The molecule has 158 valence electrons. The number of nitrogens with one attached hydrogen (secondary N) is 1. The first-order valence-corrected chi connectivity index (χ1v) is 10.2. The molecule has 1 aromatic heterocycles. The molecule has 2 heterocycles. The Balaban J connectivity index is 1.55. The molecule has 2 unspecified atom stereocenters. The van der Waals surface area contributed by atoms with E-state index in [1.165, 1.54) is 19.2 Å². The van der Waals surface area contributed by atoms with Crippen LogP contribution in [0.4, 0.5) is 5.82 Å². The van der Waals surface area contributed by atoms with Crippen LogP contribution in [0.1, 0.15) is 18.9 Å². The second kappa shape index (κ2) is 9.64. The number of aromatic nitrogens is 1. The Morgan fingerprint density at radius 3 is 2.70 bits per heavy atom. The van der Waals surface area contributed by atoms with E-state index in [0.717, 1.165) is 5.56 Å². The van der Waals surface area contributed by atoms with Crippen LogP contribution in [0.2, 0.25) is 15.1 Å². The van der Waals surface area contributed by atoms with E-state index in [2.05, 4.69) is 10.3 Å². The van der Waals surface area contributed by atoms with Crippen molar-refractivity contribution in [2.24, 2.45) is 5.92 Å². The number of likely N-dealkylation sites (tertiary alicyclic amines) is 1. The van der Waals surface area contributed by atoms with Crippen molar-refractivity contribution in [3.63, 3.8) is 0 Å². The molecule has 7 nitrogen and oxygen atoms in total. The van der Waals surface area contributed by atoms with E-state index in [1.54, 1.807) is 17.0 Å². The van der Waals surface area contributed by atoms with E-state index in [0.29, 0.717) is 16.6 Å². The number of ether oxygens (including phenoxy) is 1. The van der Waals surface area contributed by atoms with E-state index < -0.39 is 23.9 Å². The minimum atomic E-state index is -1.10. The first-order valence-electron chi connectivity index (χ1n) is 9.08. The fourth-order valence-corrected chi connectivity index (χ4v) is 3.59. The molecule has 2 amide bonds. The molecule has 0 bridgehead atoms. The van der Waals surface area contributed by atoms with Crippen LogP contribution in [0.3, 0.4) is 0 Å². The number of benzene rings is 1. The van der Waals surface area contributed by atoms with Crippen LogP contribution in [-0.4, -0.2) is 40.3 Å². The zero-order chi connectivity index (χ0) is 21.8. The summed E-state index contributed by atoms with van der Waals surface area (Å²) < 4.78 is 5.25. The van der Waals surface area contributed by atoms with E-state index in [1.807, 2.05) is 12.1 Å². The Labute approximate surface area is 188 Å². The van der Waals surface area contributed by atoms with Crippen LogP contribution in [0, 0.1) is 5.92 Å². The number of rotatable bonds is 6. The summed E-state index contributed by atoms with van der Waals surface area (Å²) in [4.78, 5) is 42.5. The minimum Gasteiger partial charge on any atom is -0.452 e. The third kappa shape index (κ3) is 5.41. The fourth-order valence-electron chi connectivity index (χ4n) is 2.96. The second-order valence-electron chi connectivity index (χ2n) is 6.82. The molecule has 2 aromatic rings. The van der Waals surface area contributed by atoms with Crippen molar-refractivity contribution in [2.75, 3.05) is 11.9 Å². The summed E-state index contributed by atoms with van der Waals surface area (Å²) in [6.07, 6.45) is 0.248. The van der Waals surface area contributed by atoms with Crippen LogP contribution in [-0.2, 0) is 25.7 Å². The molecule has 1 aromatic carbocycles. The van der Waals surface area contributed by atoms with E-state index in [9.17, 15) is 14.4 Å². The Kier molecular flexibility index (Phi) is 7.18. The predicted molar refractivity (Wildman–Crippen MR) is 113 cm³/mol. The third-order valence-corrected chi connectivity index (χ3v) is 5.44. The first kappa shape index (κ1) is 22.3. The number of esters is 1. The van der Waals surface area contributed by atoms with E-state index >= 15 is 0 Å². The summed E-state index contributed by atoms with van der Waals surface area (Å²) in [5.41, 5.74) is 0.793. The summed E-state index contributed by atoms with van der Waals surface area (Å²) in [7, 11) is 0. The van der Waals surface area contributed by atoms with E-state index in [4.69, 9.17) is 39.5 Å². The maximum atomic E-state index is 12.5. The number of anilines is 1.